The molecule has 4 N–H and O–H groups in total. The smallest absolute Gasteiger partial charge is 0.121 e. The molecule has 1 rings (SSSR count). The first-order chi connectivity index (χ1) is 6.74. The molecular formula is C10H18N4. The Bertz CT molecular complexity index is 249. The van der Waals surface area contributed by atoms with Gasteiger partial charge in [-0.25, -0.2) is 4.99 Å². The summed E-state index contributed by atoms with van der Waals surface area (Å²) in [5.74, 6) is 0.773. The Kier molecular flexibility index (Phi) is 4.04. The van der Waals surface area contributed by atoms with Crippen molar-refractivity contribution in [3.05, 3.63) is 24.3 Å². The van der Waals surface area contributed by atoms with E-state index in [0.29, 0.717) is 5.70 Å². The van der Waals surface area contributed by atoms with Crippen molar-refractivity contribution in [2.45, 2.75) is 19.3 Å². The quantitative estimate of drug-likeness (QED) is 0.652. The second kappa shape index (κ2) is 5.32. The molecule has 1 aliphatic rings. The number of likely N-dealkylation sites (tertiary alicyclic amines) is 1. The zero-order valence-corrected chi connectivity index (χ0v) is 8.45. The molecule has 0 atom stereocenters. The molecular weight excluding hydrogens is 176 g/mol. The van der Waals surface area contributed by atoms with Crippen LogP contribution in [-0.4, -0.2) is 24.2 Å². The highest BCUT2D eigenvalue weighted by Gasteiger charge is 2.10. The number of piperidine rings is 1. The van der Waals surface area contributed by atoms with E-state index in [1.807, 2.05) is 0 Å². The van der Waals surface area contributed by atoms with Crippen LogP contribution in [0.5, 0.6) is 0 Å². The zero-order chi connectivity index (χ0) is 10.4. The van der Waals surface area contributed by atoms with Gasteiger partial charge in [-0.3, -0.25) is 0 Å². The molecule has 1 saturated heterocycles. The van der Waals surface area contributed by atoms with Gasteiger partial charge in [0.15, 0.2) is 0 Å². The first-order valence-corrected chi connectivity index (χ1v) is 4.89. The molecule has 4 heteroatoms. The highest BCUT2D eigenvalue weighted by atomic mass is 15.2. The first-order valence-electron chi connectivity index (χ1n) is 4.89. The molecule has 0 aromatic carbocycles. The predicted molar refractivity (Wildman–Crippen MR) is 59.5 cm³/mol. The van der Waals surface area contributed by atoms with Gasteiger partial charge in [0.25, 0.3) is 0 Å². The molecule has 14 heavy (non-hydrogen) atoms. The van der Waals surface area contributed by atoms with E-state index < -0.39 is 0 Å². The summed E-state index contributed by atoms with van der Waals surface area (Å²) in [6.45, 7) is 5.98. The Morgan fingerprint density at radius 1 is 1.29 bits per heavy atom. The second-order valence-electron chi connectivity index (χ2n) is 3.39. The topological polar surface area (TPSA) is 67.6 Å². The minimum atomic E-state index is 0.461. The maximum Gasteiger partial charge on any atom is 0.121 e. The summed E-state index contributed by atoms with van der Waals surface area (Å²) < 4.78 is 0. The zero-order valence-electron chi connectivity index (χ0n) is 8.45. The number of allylic oxidation sites excluding steroid dienone is 1. The lowest BCUT2D eigenvalue weighted by molar-refractivity contribution is 0.284. The van der Waals surface area contributed by atoms with E-state index in [1.165, 1.54) is 31.7 Å². The summed E-state index contributed by atoms with van der Waals surface area (Å²) >= 11 is 0. The molecule has 1 fully saturated rings. The van der Waals surface area contributed by atoms with Gasteiger partial charge >= 0.3 is 0 Å². The van der Waals surface area contributed by atoms with Crippen LogP contribution in [0.3, 0.4) is 0 Å². The van der Waals surface area contributed by atoms with Crippen LogP contribution in [0, 0.1) is 0 Å². The Balaban J connectivity index is 2.44. The summed E-state index contributed by atoms with van der Waals surface area (Å²) in [4.78, 5) is 6.32. The van der Waals surface area contributed by atoms with Crippen LogP contribution in [0.25, 0.3) is 0 Å². The largest absolute Gasteiger partial charge is 0.403 e. The van der Waals surface area contributed by atoms with Crippen molar-refractivity contribution in [3.63, 3.8) is 0 Å². The van der Waals surface area contributed by atoms with Crippen LogP contribution in [0.1, 0.15) is 19.3 Å². The summed E-state index contributed by atoms with van der Waals surface area (Å²) in [6, 6.07) is 0. The Morgan fingerprint density at radius 2 is 1.93 bits per heavy atom. The van der Waals surface area contributed by atoms with Crippen molar-refractivity contribution in [2.75, 3.05) is 13.1 Å². The minimum absolute atomic E-state index is 0.461. The van der Waals surface area contributed by atoms with E-state index >= 15 is 0 Å². The van der Waals surface area contributed by atoms with E-state index in [-0.39, 0.29) is 0 Å². The van der Waals surface area contributed by atoms with Gasteiger partial charge in [-0.1, -0.05) is 6.58 Å². The van der Waals surface area contributed by atoms with Crippen LogP contribution in [-0.2, 0) is 0 Å². The van der Waals surface area contributed by atoms with Crippen molar-refractivity contribution in [3.8, 4) is 0 Å². The third-order valence-corrected chi connectivity index (χ3v) is 2.28. The van der Waals surface area contributed by atoms with Crippen molar-refractivity contribution >= 4 is 6.21 Å². The number of nitrogens with zero attached hydrogens (tertiary/aromatic N) is 2. The van der Waals surface area contributed by atoms with Gasteiger partial charge in [0.2, 0.25) is 0 Å². The van der Waals surface area contributed by atoms with Crippen LogP contribution in [0.2, 0.25) is 0 Å². The molecule has 0 radical (unpaired) electrons. The monoisotopic (exact) mass is 194 g/mol. The van der Waals surface area contributed by atoms with Gasteiger partial charge in [0.1, 0.15) is 5.82 Å². The number of rotatable bonds is 3. The molecule has 0 spiro atoms. The maximum atomic E-state index is 5.48. The fraction of sp³-hybridized carbons (Fsp3) is 0.500. The predicted octanol–water partition coefficient (Wildman–Crippen LogP) is 0.773. The van der Waals surface area contributed by atoms with Gasteiger partial charge in [0.05, 0.1) is 11.9 Å². The fourth-order valence-corrected chi connectivity index (χ4v) is 1.43. The average Bonchev–Trinajstić information content (AvgIpc) is 2.26. The van der Waals surface area contributed by atoms with Gasteiger partial charge in [0, 0.05) is 19.3 Å². The molecule has 1 aliphatic heterocycles. The summed E-state index contributed by atoms with van der Waals surface area (Å²) in [6.07, 6.45) is 6.61. The molecule has 0 amide bonds. The summed E-state index contributed by atoms with van der Waals surface area (Å²) in [5, 5.41) is 0. The number of hydrogen-bond acceptors (Lipinski definition) is 4. The maximum absolute atomic E-state index is 5.48. The van der Waals surface area contributed by atoms with E-state index in [1.54, 1.807) is 0 Å². The van der Waals surface area contributed by atoms with Gasteiger partial charge in [-0.15, -0.1) is 0 Å². The van der Waals surface area contributed by atoms with E-state index in [0.717, 1.165) is 18.9 Å². The van der Waals surface area contributed by atoms with Crippen LogP contribution >= 0.6 is 0 Å². The van der Waals surface area contributed by atoms with Crippen molar-refractivity contribution < 1.29 is 0 Å². The minimum Gasteiger partial charge on any atom is -0.403 e. The van der Waals surface area contributed by atoms with Crippen molar-refractivity contribution in [1.82, 2.24) is 4.90 Å². The average molecular weight is 194 g/mol. The van der Waals surface area contributed by atoms with Crippen LogP contribution in [0.4, 0.5) is 0 Å². The molecule has 0 bridgehead atoms. The second-order valence-corrected chi connectivity index (χ2v) is 3.39. The number of nitrogens with two attached hydrogens (primary N) is 2. The standard InChI is InChI=1S/C10H18N4/c1-9(13-8-10(12)7-11)14-5-3-2-4-6-14/h7-8H,1-6,11-12H2/b10-7+,13-8-. The molecule has 0 saturated carbocycles. The first kappa shape index (κ1) is 10.6. The Hall–Kier alpha value is -1.45. The summed E-state index contributed by atoms with van der Waals surface area (Å²) in [5.41, 5.74) is 11.2. The molecule has 0 unspecified atom stereocenters. The highest BCUT2D eigenvalue weighted by Crippen LogP contribution is 2.13. The van der Waals surface area contributed by atoms with Gasteiger partial charge in [-0.05, 0) is 19.3 Å². The van der Waals surface area contributed by atoms with Gasteiger partial charge in [-0.2, -0.15) is 0 Å². The molecule has 4 nitrogen and oxygen atoms in total. The van der Waals surface area contributed by atoms with E-state index in [2.05, 4.69) is 16.5 Å². The lowest BCUT2D eigenvalue weighted by Crippen LogP contribution is -2.28. The number of hydrogen-bond donors (Lipinski definition) is 2. The normalized spacial score (nSPS) is 18.9. The lowest BCUT2D eigenvalue weighted by Gasteiger charge is -2.27. The van der Waals surface area contributed by atoms with E-state index in [9.17, 15) is 0 Å². The highest BCUT2D eigenvalue weighted by molar-refractivity contribution is 5.77. The Morgan fingerprint density at radius 3 is 2.50 bits per heavy atom. The molecule has 0 aromatic heterocycles. The van der Waals surface area contributed by atoms with Crippen LogP contribution < -0.4 is 11.5 Å². The third kappa shape index (κ3) is 3.12. The molecule has 78 valence electrons. The van der Waals surface area contributed by atoms with Crippen molar-refractivity contribution in [2.24, 2.45) is 16.5 Å². The Labute approximate surface area is 85.0 Å². The molecule has 0 aliphatic carbocycles. The van der Waals surface area contributed by atoms with E-state index in [4.69, 9.17) is 11.5 Å². The number of aliphatic imine (C=N–C) groups is 1. The molecule has 0 aromatic rings. The SMILES string of the molecule is C=C(/N=C\C(N)=C/N)N1CCCCC1. The summed E-state index contributed by atoms with van der Waals surface area (Å²) in [7, 11) is 0. The third-order valence-electron chi connectivity index (χ3n) is 2.28. The van der Waals surface area contributed by atoms with Gasteiger partial charge < -0.3 is 16.4 Å². The fourth-order valence-electron chi connectivity index (χ4n) is 1.43. The molecule has 1 heterocycles. The van der Waals surface area contributed by atoms with Crippen LogP contribution in [0.15, 0.2) is 29.3 Å². The lowest BCUT2D eigenvalue weighted by atomic mass is 10.1. The van der Waals surface area contributed by atoms with Crippen molar-refractivity contribution in [1.29, 1.82) is 0 Å².